The van der Waals surface area contributed by atoms with Crippen molar-refractivity contribution in [3.8, 4) is 0 Å². The van der Waals surface area contributed by atoms with E-state index >= 15 is 0 Å². The molecular weight excluding hydrogens is 304 g/mol. The first-order valence-electron chi connectivity index (χ1n) is 6.89. The van der Waals surface area contributed by atoms with E-state index in [1.807, 2.05) is 6.07 Å². The summed E-state index contributed by atoms with van der Waals surface area (Å²) in [5.41, 5.74) is 11.1. The molecule has 9 heteroatoms. The minimum absolute atomic E-state index is 0.0210. The molecule has 6 N–H and O–H groups in total. The number of rotatable bonds is 9. The summed E-state index contributed by atoms with van der Waals surface area (Å²) in [5, 5.41) is 18.9. The molecule has 1 amide bonds. The number of aliphatic imine (C=N–C) groups is 1. The lowest BCUT2D eigenvalue weighted by molar-refractivity contribution is -0.186. The Bertz CT molecular complexity index is 545. The number of hydroxylamine groups is 2. The molecule has 0 saturated carbocycles. The van der Waals surface area contributed by atoms with Crippen LogP contribution in [0, 0.1) is 0 Å². The Morgan fingerprint density at radius 2 is 1.87 bits per heavy atom. The third kappa shape index (κ3) is 6.66. The highest BCUT2D eigenvalue weighted by Crippen LogP contribution is 2.12. The second-order valence-electron chi connectivity index (χ2n) is 4.67. The van der Waals surface area contributed by atoms with Crippen LogP contribution in [0.15, 0.2) is 35.3 Å². The minimum Gasteiger partial charge on any atom is -0.480 e. The van der Waals surface area contributed by atoms with E-state index in [-0.39, 0.29) is 25.5 Å². The van der Waals surface area contributed by atoms with Gasteiger partial charge in [0, 0.05) is 6.54 Å². The smallest absolute Gasteiger partial charge is 0.432 e. The first-order valence-corrected chi connectivity index (χ1v) is 6.89. The van der Waals surface area contributed by atoms with Gasteiger partial charge in [-0.15, -0.1) is 0 Å². The van der Waals surface area contributed by atoms with E-state index in [2.05, 4.69) is 4.99 Å². The summed E-state index contributed by atoms with van der Waals surface area (Å²) in [7, 11) is 0. The number of guanidine groups is 1. The Labute approximate surface area is 133 Å². The maximum Gasteiger partial charge on any atom is 0.432 e. The molecule has 23 heavy (non-hydrogen) atoms. The lowest BCUT2D eigenvalue weighted by Gasteiger charge is -2.25. The largest absolute Gasteiger partial charge is 0.480 e. The molecule has 0 unspecified atom stereocenters. The first-order chi connectivity index (χ1) is 10.9. The van der Waals surface area contributed by atoms with Crippen molar-refractivity contribution in [2.75, 3.05) is 6.54 Å². The van der Waals surface area contributed by atoms with Crippen molar-refractivity contribution < 1.29 is 24.6 Å². The van der Waals surface area contributed by atoms with Gasteiger partial charge in [-0.3, -0.25) is 9.83 Å². The molecule has 0 aliphatic carbocycles. The minimum atomic E-state index is -1.48. The van der Waals surface area contributed by atoms with Crippen LogP contribution in [0.5, 0.6) is 0 Å². The van der Waals surface area contributed by atoms with Crippen LogP contribution in [0.3, 0.4) is 0 Å². The van der Waals surface area contributed by atoms with Crippen molar-refractivity contribution >= 4 is 18.0 Å². The SMILES string of the molecule is NC(N)=NCCC[C@@H](C(=O)O)N(OCc1ccccc1)C(=O)O. The number of benzene rings is 1. The number of aliphatic carboxylic acids is 1. The number of carboxylic acids is 1. The molecule has 0 radical (unpaired) electrons. The standard InChI is InChI=1S/C14H20N4O5/c15-13(16)17-8-4-7-11(12(19)20)18(14(21)22)23-9-10-5-2-1-3-6-10/h1-3,5-6,11H,4,7-9H2,(H,19,20)(H,21,22)(H4,15,16,17)/t11-/m0/s1. The van der Waals surface area contributed by atoms with Gasteiger partial charge in [0.1, 0.15) is 6.61 Å². The van der Waals surface area contributed by atoms with Gasteiger partial charge in [0.05, 0.1) is 0 Å². The van der Waals surface area contributed by atoms with E-state index in [1.165, 1.54) is 0 Å². The van der Waals surface area contributed by atoms with E-state index in [9.17, 15) is 19.8 Å². The van der Waals surface area contributed by atoms with Gasteiger partial charge in [-0.2, -0.15) is 5.06 Å². The van der Waals surface area contributed by atoms with Gasteiger partial charge in [0.25, 0.3) is 0 Å². The van der Waals surface area contributed by atoms with E-state index in [0.29, 0.717) is 11.5 Å². The number of nitrogens with zero attached hydrogens (tertiary/aromatic N) is 2. The predicted octanol–water partition coefficient (Wildman–Crippen LogP) is 0.605. The number of nitrogens with two attached hydrogens (primary N) is 2. The second kappa shape index (κ2) is 9.26. The Balaban J connectivity index is 2.67. The van der Waals surface area contributed by atoms with Crippen LogP contribution in [0.1, 0.15) is 18.4 Å². The van der Waals surface area contributed by atoms with Crippen molar-refractivity contribution in [1.82, 2.24) is 5.06 Å². The third-order valence-corrected chi connectivity index (χ3v) is 2.90. The summed E-state index contributed by atoms with van der Waals surface area (Å²) in [5.74, 6) is -1.41. The van der Waals surface area contributed by atoms with Gasteiger partial charge in [-0.25, -0.2) is 9.59 Å². The number of hydrogen-bond acceptors (Lipinski definition) is 4. The van der Waals surface area contributed by atoms with Gasteiger partial charge in [-0.1, -0.05) is 30.3 Å². The van der Waals surface area contributed by atoms with Gasteiger partial charge in [-0.05, 0) is 18.4 Å². The molecule has 0 aromatic heterocycles. The van der Waals surface area contributed by atoms with Crippen molar-refractivity contribution in [2.24, 2.45) is 16.5 Å². The zero-order valence-corrected chi connectivity index (χ0v) is 12.5. The van der Waals surface area contributed by atoms with E-state index in [0.717, 1.165) is 5.56 Å². The fraction of sp³-hybridized carbons (Fsp3) is 0.357. The fourth-order valence-corrected chi connectivity index (χ4v) is 1.83. The van der Waals surface area contributed by atoms with Crippen molar-refractivity contribution in [2.45, 2.75) is 25.5 Å². The molecule has 0 aliphatic heterocycles. The van der Waals surface area contributed by atoms with Crippen molar-refractivity contribution in [3.63, 3.8) is 0 Å². The summed E-state index contributed by atoms with van der Waals surface area (Å²) in [6, 6.07) is 7.50. The van der Waals surface area contributed by atoms with Gasteiger partial charge in [0.15, 0.2) is 12.0 Å². The molecule has 0 saturated heterocycles. The maximum atomic E-state index is 11.3. The summed E-state index contributed by atoms with van der Waals surface area (Å²) in [6.45, 7) is 0.156. The molecule has 0 bridgehead atoms. The lowest BCUT2D eigenvalue weighted by atomic mass is 10.1. The van der Waals surface area contributed by atoms with Crippen LogP contribution >= 0.6 is 0 Å². The number of hydrogen-bond donors (Lipinski definition) is 4. The highest BCUT2D eigenvalue weighted by Gasteiger charge is 2.30. The molecule has 0 fully saturated rings. The highest BCUT2D eigenvalue weighted by atomic mass is 16.7. The molecule has 0 aliphatic rings. The molecule has 1 atom stereocenters. The average molecular weight is 324 g/mol. The zero-order chi connectivity index (χ0) is 17.2. The third-order valence-electron chi connectivity index (χ3n) is 2.90. The van der Waals surface area contributed by atoms with Crippen LogP contribution < -0.4 is 11.5 Å². The van der Waals surface area contributed by atoms with Crippen LogP contribution in [-0.4, -0.2) is 45.9 Å². The lowest BCUT2D eigenvalue weighted by Crippen LogP contribution is -2.44. The molecule has 0 spiro atoms. The second-order valence-corrected chi connectivity index (χ2v) is 4.67. The molecule has 1 rings (SSSR count). The summed E-state index contributed by atoms with van der Waals surface area (Å²) >= 11 is 0. The topological polar surface area (TPSA) is 151 Å². The molecule has 9 nitrogen and oxygen atoms in total. The molecule has 1 aromatic carbocycles. The van der Waals surface area contributed by atoms with Crippen molar-refractivity contribution in [1.29, 1.82) is 0 Å². The Kier molecular flexibility index (Phi) is 7.34. The Morgan fingerprint density at radius 3 is 2.39 bits per heavy atom. The Hall–Kier alpha value is -2.81. The van der Waals surface area contributed by atoms with Crippen LogP contribution in [0.4, 0.5) is 4.79 Å². The highest BCUT2D eigenvalue weighted by molar-refractivity contribution is 5.78. The number of carboxylic acid groups (broad SMARTS) is 2. The van der Waals surface area contributed by atoms with Crippen LogP contribution in [0.2, 0.25) is 0 Å². The fourth-order valence-electron chi connectivity index (χ4n) is 1.83. The molecular formula is C14H20N4O5. The summed E-state index contributed by atoms with van der Waals surface area (Å²) in [6.07, 6.45) is -1.16. The van der Waals surface area contributed by atoms with Crippen LogP contribution in [0.25, 0.3) is 0 Å². The quantitative estimate of drug-likeness (QED) is 0.225. The van der Waals surface area contributed by atoms with Gasteiger partial charge in [0.2, 0.25) is 0 Å². The molecule has 0 heterocycles. The molecule has 1 aromatic rings. The number of amides is 1. The Morgan fingerprint density at radius 1 is 1.22 bits per heavy atom. The van der Waals surface area contributed by atoms with E-state index in [4.69, 9.17) is 16.3 Å². The van der Waals surface area contributed by atoms with Gasteiger partial charge >= 0.3 is 12.1 Å². The normalized spacial score (nSPS) is 11.5. The number of carbonyl (C=O) groups is 2. The molecule has 126 valence electrons. The van der Waals surface area contributed by atoms with E-state index < -0.39 is 18.1 Å². The monoisotopic (exact) mass is 324 g/mol. The van der Waals surface area contributed by atoms with Gasteiger partial charge < -0.3 is 21.7 Å². The van der Waals surface area contributed by atoms with Crippen molar-refractivity contribution in [3.05, 3.63) is 35.9 Å². The summed E-state index contributed by atoms with van der Waals surface area (Å²) < 4.78 is 0. The maximum absolute atomic E-state index is 11.3. The van der Waals surface area contributed by atoms with E-state index in [1.54, 1.807) is 24.3 Å². The summed E-state index contributed by atoms with van der Waals surface area (Å²) in [4.78, 5) is 31.5. The predicted molar refractivity (Wildman–Crippen MR) is 82.4 cm³/mol. The van der Waals surface area contributed by atoms with Crippen LogP contribution in [-0.2, 0) is 16.2 Å². The zero-order valence-electron chi connectivity index (χ0n) is 12.5. The average Bonchev–Trinajstić information content (AvgIpc) is 2.49. The first kappa shape index (κ1) is 18.2.